The maximum Gasteiger partial charge on any atom is 0.303 e. The zero-order chi connectivity index (χ0) is 14.4. The minimum absolute atomic E-state index is 0.138. The van der Waals surface area contributed by atoms with E-state index in [0.29, 0.717) is 6.42 Å². The van der Waals surface area contributed by atoms with Gasteiger partial charge in [-0.2, -0.15) is 0 Å². The van der Waals surface area contributed by atoms with Gasteiger partial charge < -0.3 is 15.7 Å². The normalized spacial score (nSPS) is 17.7. The smallest absolute Gasteiger partial charge is 0.303 e. The Balaban J connectivity index is 0.000000327. The van der Waals surface area contributed by atoms with Crippen LogP contribution in [0.1, 0.15) is 40.5 Å². The van der Waals surface area contributed by atoms with Crippen LogP contribution >= 0.6 is 0 Å². The number of carbonyl (C=O) groups is 2. The van der Waals surface area contributed by atoms with Crippen molar-refractivity contribution in [2.45, 2.75) is 40.5 Å². The van der Waals surface area contributed by atoms with Crippen LogP contribution in [0.4, 0.5) is 0 Å². The molecule has 1 saturated heterocycles. The molecule has 0 aromatic rings. The predicted molar refractivity (Wildman–Crippen MR) is 71.4 cm³/mol. The van der Waals surface area contributed by atoms with Crippen molar-refractivity contribution in [2.75, 3.05) is 20.1 Å². The summed E-state index contributed by atoms with van der Waals surface area (Å²) in [6, 6.07) is 0. The SMILES string of the molecule is CC1(C)CNC(=O)C1.CNCC(C)(C)CC(=O)O. The number of nitrogens with one attached hydrogen (secondary N) is 2. The van der Waals surface area contributed by atoms with Crippen molar-refractivity contribution >= 4 is 11.9 Å². The molecule has 0 bridgehead atoms. The van der Waals surface area contributed by atoms with E-state index in [2.05, 4.69) is 24.5 Å². The molecule has 0 aromatic heterocycles. The van der Waals surface area contributed by atoms with Crippen molar-refractivity contribution in [1.29, 1.82) is 0 Å². The van der Waals surface area contributed by atoms with Crippen molar-refractivity contribution in [3.63, 3.8) is 0 Å². The van der Waals surface area contributed by atoms with E-state index in [1.807, 2.05) is 20.9 Å². The average Bonchev–Trinajstić information content (AvgIpc) is 2.42. The summed E-state index contributed by atoms with van der Waals surface area (Å²) in [4.78, 5) is 20.8. The number of amides is 1. The molecule has 5 heteroatoms. The summed E-state index contributed by atoms with van der Waals surface area (Å²) in [6.07, 6.45) is 0.904. The van der Waals surface area contributed by atoms with Crippen LogP contribution in [0.25, 0.3) is 0 Å². The number of rotatable bonds is 4. The first-order chi connectivity index (χ1) is 8.08. The Kier molecular flexibility index (Phi) is 6.32. The van der Waals surface area contributed by atoms with E-state index in [-0.39, 0.29) is 23.2 Å². The van der Waals surface area contributed by atoms with Crippen LogP contribution in [0, 0.1) is 10.8 Å². The number of carbonyl (C=O) groups excluding carboxylic acids is 1. The molecule has 3 N–H and O–H groups in total. The van der Waals surface area contributed by atoms with Gasteiger partial charge in [0.25, 0.3) is 0 Å². The van der Waals surface area contributed by atoms with Crippen LogP contribution in [-0.4, -0.2) is 37.1 Å². The van der Waals surface area contributed by atoms with E-state index in [1.165, 1.54) is 0 Å². The highest BCUT2D eigenvalue weighted by Gasteiger charge is 2.28. The Morgan fingerprint density at radius 2 is 2.06 bits per heavy atom. The van der Waals surface area contributed by atoms with Crippen LogP contribution in [0.3, 0.4) is 0 Å². The van der Waals surface area contributed by atoms with Crippen LogP contribution in [0.5, 0.6) is 0 Å². The van der Waals surface area contributed by atoms with Crippen LogP contribution in [-0.2, 0) is 9.59 Å². The third-order valence-electron chi connectivity index (χ3n) is 2.69. The Hall–Kier alpha value is -1.10. The minimum Gasteiger partial charge on any atom is -0.481 e. The number of carboxylic acid groups (broad SMARTS) is 1. The van der Waals surface area contributed by atoms with Crippen molar-refractivity contribution in [3.05, 3.63) is 0 Å². The molecule has 0 atom stereocenters. The molecular weight excluding hydrogens is 232 g/mol. The second-order valence-electron chi connectivity index (χ2n) is 6.38. The molecule has 0 radical (unpaired) electrons. The van der Waals surface area contributed by atoms with Gasteiger partial charge in [0.05, 0.1) is 6.42 Å². The lowest BCUT2D eigenvalue weighted by molar-refractivity contribution is -0.139. The van der Waals surface area contributed by atoms with Gasteiger partial charge in [0.15, 0.2) is 0 Å². The van der Waals surface area contributed by atoms with Gasteiger partial charge in [-0.05, 0) is 17.9 Å². The molecule has 0 aromatic carbocycles. The summed E-state index contributed by atoms with van der Waals surface area (Å²) in [5.74, 6) is -0.546. The first-order valence-electron chi connectivity index (χ1n) is 6.21. The maximum atomic E-state index is 10.5. The van der Waals surface area contributed by atoms with E-state index < -0.39 is 5.97 Å². The molecule has 106 valence electrons. The quantitative estimate of drug-likeness (QED) is 0.709. The molecule has 18 heavy (non-hydrogen) atoms. The summed E-state index contributed by atoms with van der Waals surface area (Å²) in [5.41, 5.74) is 0.0671. The number of carboxylic acids is 1. The van der Waals surface area contributed by atoms with Crippen molar-refractivity contribution in [3.8, 4) is 0 Å². The molecule has 0 spiro atoms. The molecule has 1 rings (SSSR count). The molecule has 1 fully saturated rings. The number of aliphatic carboxylic acids is 1. The van der Waals surface area contributed by atoms with Crippen LogP contribution in [0.2, 0.25) is 0 Å². The lowest BCUT2D eigenvalue weighted by Gasteiger charge is -2.21. The molecule has 5 nitrogen and oxygen atoms in total. The van der Waals surface area contributed by atoms with E-state index in [9.17, 15) is 9.59 Å². The molecule has 0 saturated carbocycles. The van der Waals surface area contributed by atoms with Crippen molar-refractivity contribution in [2.24, 2.45) is 10.8 Å². The zero-order valence-corrected chi connectivity index (χ0v) is 12.1. The van der Waals surface area contributed by atoms with Gasteiger partial charge in [-0.25, -0.2) is 0 Å². The van der Waals surface area contributed by atoms with E-state index >= 15 is 0 Å². The van der Waals surface area contributed by atoms with Crippen molar-refractivity contribution < 1.29 is 14.7 Å². The predicted octanol–water partition coefficient (Wildman–Crippen LogP) is 1.24. The van der Waals surface area contributed by atoms with E-state index in [1.54, 1.807) is 0 Å². The summed E-state index contributed by atoms with van der Waals surface area (Å²) >= 11 is 0. The monoisotopic (exact) mass is 258 g/mol. The second kappa shape index (κ2) is 6.73. The molecule has 0 unspecified atom stereocenters. The highest BCUT2D eigenvalue weighted by Crippen LogP contribution is 2.22. The van der Waals surface area contributed by atoms with Crippen molar-refractivity contribution in [1.82, 2.24) is 10.6 Å². The molecule has 1 aliphatic heterocycles. The summed E-state index contributed by atoms with van der Waals surface area (Å²) < 4.78 is 0. The van der Waals surface area contributed by atoms with Gasteiger partial charge >= 0.3 is 5.97 Å². The van der Waals surface area contributed by atoms with E-state index in [0.717, 1.165) is 13.1 Å². The number of hydrogen-bond acceptors (Lipinski definition) is 3. The summed E-state index contributed by atoms with van der Waals surface area (Å²) in [5, 5.41) is 14.2. The average molecular weight is 258 g/mol. The molecule has 1 aliphatic rings. The topological polar surface area (TPSA) is 78.4 Å². The van der Waals surface area contributed by atoms with Gasteiger partial charge in [-0.1, -0.05) is 27.7 Å². The Morgan fingerprint density at radius 3 is 2.28 bits per heavy atom. The van der Waals surface area contributed by atoms with Gasteiger partial charge in [-0.15, -0.1) is 0 Å². The first-order valence-corrected chi connectivity index (χ1v) is 6.21. The van der Waals surface area contributed by atoms with Crippen LogP contribution < -0.4 is 10.6 Å². The van der Waals surface area contributed by atoms with Gasteiger partial charge in [0.2, 0.25) is 5.91 Å². The van der Waals surface area contributed by atoms with Gasteiger partial charge in [0.1, 0.15) is 0 Å². The highest BCUT2D eigenvalue weighted by atomic mass is 16.4. The summed E-state index contributed by atoms with van der Waals surface area (Å²) in [6.45, 7) is 9.61. The molecule has 1 amide bonds. The first kappa shape index (κ1) is 16.9. The minimum atomic E-state index is -0.736. The fourth-order valence-electron chi connectivity index (χ4n) is 1.85. The molecule has 0 aliphatic carbocycles. The summed E-state index contributed by atoms with van der Waals surface area (Å²) in [7, 11) is 1.82. The lowest BCUT2D eigenvalue weighted by atomic mass is 9.89. The number of hydrogen-bond donors (Lipinski definition) is 3. The standard InChI is InChI=1S/C7H15NO2.C6H11NO/c1-7(2,5-8-3)4-6(9)10;1-6(2)3-5(8)7-4-6/h8H,4-5H2,1-3H3,(H,9,10);3-4H2,1-2H3,(H,7,8). The Bertz CT molecular complexity index is 299. The lowest BCUT2D eigenvalue weighted by Crippen LogP contribution is -2.28. The second-order valence-corrected chi connectivity index (χ2v) is 6.38. The third-order valence-corrected chi connectivity index (χ3v) is 2.69. The van der Waals surface area contributed by atoms with Gasteiger partial charge in [0, 0.05) is 19.5 Å². The molecule has 1 heterocycles. The zero-order valence-electron chi connectivity index (χ0n) is 12.1. The largest absolute Gasteiger partial charge is 0.481 e. The Labute approximate surface area is 109 Å². The molecular formula is C13H26N2O3. The van der Waals surface area contributed by atoms with Crippen LogP contribution in [0.15, 0.2) is 0 Å². The Morgan fingerprint density at radius 1 is 1.50 bits per heavy atom. The van der Waals surface area contributed by atoms with E-state index in [4.69, 9.17) is 5.11 Å². The highest BCUT2D eigenvalue weighted by molar-refractivity contribution is 5.78. The third kappa shape index (κ3) is 8.06. The fourth-order valence-corrected chi connectivity index (χ4v) is 1.85. The van der Waals surface area contributed by atoms with Gasteiger partial charge in [-0.3, -0.25) is 9.59 Å². The maximum absolute atomic E-state index is 10.5. The fraction of sp³-hybridized carbons (Fsp3) is 0.846.